The van der Waals surface area contributed by atoms with Gasteiger partial charge >= 0.3 is 123 Å². The van der Waals surface area contributed by atoms with E-state index in [2.05, 4.69) is 72.8 Å². The third-order valence-electron chi connectivity index (χ3n) is 3.96. The number of hydrogen-bond donors (Lipinski definition) is 0. The minimum atomic E-state index is -0.0859. The van der Waals surface area contributed by atoms with Crippen LogP contribution >= 0.6 is 0 Å². The summed E-state index contributed by atoms with van der Waals surface area (Å²) >= 11 is -0.0859. The Morgan fingerprint density at radius 2 is 1.05 bits per heavy atom. The molecule has 2 aromatic carbocycles. The molecule has 0 N–H and O–H groups in total. The van der Waals surface area contributed by atoms with Crippen LogP contribution in [0.15, 0.2) is 60.7 Å². The predicted octanol–water partition coefficient (Wildman–Crippen LogP) is -1.39. The molecule has 2 aromatic rings. The van der Waals surface area contributed by atoms with Gasteiger partial charge in [-0.25, -0.2) is 0 Å². The van der Waals surface area contributed by atoms with Crippen LogP contribution in [0.1, 0.15) is 30.7 Å². The van der Waals surface area contributed by atoms with E-state index in [-0.39, 0.29) is 44.0 Å². The average Bonchev–Trinajstić information content (AvgIpc) is 3.05. The molecular weight excluding hydrogens is 335 g/mol. The van der Waals surface area contributed by atoms with Crippen molar-refractivity contribution in [2.24, 2.45) is 0 Å². The molecule has 0 bridgehead atoms. The van der Waals surface area contributed by atoms with Gasteiger partial charge in [0.05, 0.1) is 0 Å². The van der Waals surface area contributed by atoms with Crippen molar-refractivity contribution in [3.05, 3.63) is 82.9 Å². The monoisotopic (exact) mass is 348 g/mol. The van der Waals surface area contributed by atoms with Gasteiger partial charge in [0.25, 0.3) is 0 Å². The maximum atomic E-state index is 2.42. The molecule has 104 valence electrons. The van der Waals surface area contributed by atoms with E-state index in [4.69, 9.17) is 0 Å². The number of fused-ring (bicyclic) bond motifs is 2. The molecule has 2 aliphatic rings. The van der Waals surface area contributed by atoms with E-state index in [9.17, 15) is 0 Å². The normalized spacial score (nSPS) is 20.0. The molecule has 0 amide bonds. The Kier molecular flexibility index (Phi) is 5.51. The number of halogens is 2. The summed E-state index contributed by atoms with van der Waals surface area (Å²) in [6, 6.07) is 17.7. The topological polar surface area (TPSA) is 0 Å². The largest absolute Gasteiger partial charge is 1.00 e. The summed E-state index contributed by atoms with van der Waals surface area (Å²) in [6.45, 7) is 0. The van der Waals surface area contributed by atoms with Crippen molar-refractivity contribution >= 4 is 12.2 Å². The van der Waals surface area contributed by atoms with Crippen LogP contribution in [0.3, 0.4) is 0 Å². The molecule has 2 atom stereocenters. The third-order valence-corrected chi connectivity index (χ3v) is 6.65. The van der Waals surface area contributed by atoms with Crippen LogP contribution in [0.5, 0.6) is 0 Å². The molecule has 3 heteroatoms. The molecule has 2 unspecified atom stereocenters. The first kappa shape index (κ1) is 16.6. The van der Waals surface area contributed by atoms with E-state index in [0.29, 0.717) is 8.45 Å². The number of hydrogen-bond acceptors (Lipinski definition) is 0. The number of rotatable bonds is 2. The second kappa shape index (κ2) is 6.98. The third kappa shape index (κ3) is 3.05. The molecule has 0 aromatic heterocycles. The van der Waals surface area contributed by atoms with Gasteiger partial charge in [-0.05, 0) is 0 Å². The van der Waals surface area contributed by atoms with Crippen molar-refractivity contribution < 1.29 is 44.0 Å². The van der Waals surface area contributed by atoms with E-state index in [1.54, 1.807) is 11.1 Å². The minimum absolute atomic E-state index is 0. The van der Waals surface area contributed by atoms with Crippen LogP contribution in [0.2, 0.25) is 0 Å². The van der Waals surface area contributed by atoms with E-state index in [1.165, 1.54) is 11.1 Å². The van der Waals surface area contributed by atoms with E-state index in [1.807, 2.05) is 0 Å². The zero-order valence-corrected chi connectivity index (χ0v) is 14.4. The fraction of sp³-hybridized carbons (Fsp3) is 0.111. The van der Waals surface area contributed by atoms with Gasteiger partial charge in [-0.3, -0.25) is 0 Å². The van der Waals surface area contributed by atoms with Gasteiger partial charge in [-0.2, -0.15) is 0 Å². The molecule has 0 saturated heterocycles. The Balaban J connectivity index is 0.000000807. The molecule has 2 aliphatic carbocycles. The van der Waals surface area contributed by atoms with Crippen molar-refractivity contribution in [1.29, 1.82) is 0 Å². The molecule has 21 heavy (non-hydrogen) atoms. The summed E-state index contributed by atoms with van der Waals surface area (Å²) in [5.74, 6) is 0. The summed E-state index contributed by atoms with van der Waals surface area (Å²) in [6.07, 6.45) is 9.43. The Labute approximate surface area is 147 Å². The molecule has 0 fully saturated rings. The number of benzene rings is 2. The van der Waals surface area contributed by atoms with Crippen molar-refractivity contribution in [2.45, 2.75) is 8.45 Å². The molecule has 0 spiro atoms. The molecule has 0 saturated carbocycles. The quantitative estimate of drug-likeness (QED) is 0.586. The van der Waals surface area contributed by atoms with Gasteiger partial charge in [0.1, 0.15) is 0 Å². The van der Waals surface area contributed by atoms with E-state index >= 15 is 0 Å². The van der Waals surface area contributed by atoms with Crippen molar-refractivity contribution in [2.75, 3.05) is 0 Å². The molecule has 0 aliphatic heterocycles. The fourth-order valence-electron chi connectivity index (χ4n) is 2.98. The van der Waals surface area contributed by atoms with Crippen LogP contribution in [0.25, 0.3) is 12.2 Å². The molecule has 4 rings (SSSR count). The van der Waals surface area contributed by atoms with Gasteiger partial charge in [-0.1, -0.05) is 0 Å². The first-order valence-electron chi connectivity index (χ1n) is 6.72. The smallest absolute Gasteiger partial charge is 1.00 e. The van der Waals surface area contributed by atoms with Crippen molar-refractivity contribution in [3.8, 4) is 0 Å². The minimum Gasteiger partial charge on any atom is -1.00 e. The maximum absolute atomic E-state index is 2.42. The average molecular weight is 349 g/mol. The molecular formula is C18H14Cl2Ti. The zero-order chi connectivity index (χ0) is 12.7. The standard InChI is InChI=1S/2C9H7.2ClH.Ti/c2*1-2-5-9-7-3-6-8(9)4-1;;;/h2*1-7H;2*1H;/q;;;;+2/p-2. The van der Waals surface area contributed by atoms with Gasteiger partial charge in [0.2, 0.25) is 0 Å². The molecule has 0 radical (unpaired) electrons. The summed E-state index contributed by atoms with van der Waals surface area (Å²) in [7, 11) is 0. The Bertz CT molecular complexity index is 632. The predicted molar refractivity (Wildman–Crippen MR) is 76.4 cm³/mol. The second-order valence-electron chi connectivity index (χ2n) is 5.10. The number of allylic oxidation sites excluding steroid dienone is 2. The van der Waals surface area contributed by atoms with Gasteiger partial charge < -0.3 is 24.8 Å². The summed E-state index contributed by atoms with van der Waals surface area (Å²) < 4.78 is 1.38. The SMILES string of the molecule is C1=C[CH]([Ti+2][CH]2C=Cc3ccccc32)c2ccccc21.[Cl-].[Cl-]. The Morgan fingerprint density at radius 1 is 0.619 bits per heavy atom. The fourth-order valence-corrected chi connectivity index (χ4v) is 5.62. The molecule has 0 heterocycles. The Hall–Kier alpha value is -0.786. The van der Waals surface area contributed by atoms with Crippen LogP contribution < -0.4 is 24.8 Å². The van der Waals surface area contributed by atoms with Gasteiger partial charge in [-0.15, -0.1) is 0 Å². The van der Waals surface area contributed by atoms with E-state index < -0.39 is 0 Å². The van der Waals surface area contributed by atoms with Gasteiger partial charge in [0, 0.05) is 0 Å². The van der Waals surface area contributed by atoms with Crippen molar-refractivity contribution in [3.63, 3.8) is 0 Å². The maximum Gasteiger partial charge on any atom is -1.00 e. The Morgan fingerprint density at radius 3 is 1.52 bits per heavy atom. The summed E-state index contributed by atoms with van der Waals surface area (Å²) in [5.41, 5.74) is 5.93. The van der Waals surface area contributed by atoms with Crippen LogP contribution in [0, 0.1) is 0 Å². The first-order valence-corrected chi connectivity index (χ1v) is 8.52. The second-order valence-corrected chi connectivity index (χ2v) is 7.56. The van der Waals surface area contributed by atoms with Gasteiger partial charge in [0.15, 0.2) is 0 Å². The van der Waals surface area contributed by atoms with Crippen LogP contribution in [-0.4, -0.2) is 0 Å². The van der Waals surface area contributed by atoms with Crippen LogP contribution in [0.4, 0.5) is 0 Å². The summed E-state index contributed by atoms with van der Waals surface area (Å²) in [5, 5.41) is 0. The van der Waals surface area contributed by atoms with Crippen molar-refractivity contribution in [1.82, 2.24) is 0 Å². The molecule has 0 nitrogen and oxygen atoms in total. The zero-order valence-electron chi connectivity index (χ0n) is 11.3. The van der Waals surface area contributed by atoms with E-state index in [0.717, 1.165) is 0 Å². The first-order chi connectivity index (χ1) is 9.42. The summed E-state index contributed by atoms with van der Waals surface area (Å²) in [4.78, 5) is 0. The van der Waals surface area contributed by atoms with Crippen LogP contribution in [-0.2, 0) is 19.2 Å².